The second-order valence-corrected chi connectivity index (χ2v) is 6.88. The molecule has 0 saturated carbocycles. The number of carbonyl (C=O) groups excluding carboxylic acids is 2. The zero-order valence-electron chi connectivity index (χ0n) is 16.0. The van der Waals surface area contributed by atoms with Crippen LogP contribution in [0.3, 0.4) is 0 Å². The van der Waals surface area contributed by atoms with Gasteiger partial charge in [0.05, 0.1) is 31.4 Å². The van der Waals surface area contributed by atoms with Gasteiger partial charge in [0.25, 0.3) is 5.91 Å². The van der Waals surface area contributed by atoms with Crippen molar-refractivity contribution in [3.63, 3.8) is 0 Å². The first kappa shape index (κ1) is 20.0. The predicted octanol–water partition coefficient (Wildman–Crippen LogP) is 3.04. The van der Waals surface area contributed by atoms with E-state index in [9.17, 15) is 14.7 Å². The van der Waals surface area contributed by atoms with E-state index >= 15 is 0 Å². The van der Waals surface area contributed by atoms with Crippen molar-refractivity contribution in [2.75, 3.05) is 20.3 Å². The molecule has 1 aromatic rings. The van der Waals surface area contributed by atoms with Gasteiger partial charge in [-0.15, -0.1) is 0 Å². The van der Waals surface area contributed by atoms with Crippen LogP contribution in [0.4, 0.5) is 0 Å². The zero-order chi connectivity index (χ0) is 19.4. The Morgan fingerprint density at radius 1 is 1.27 bits per heavy atom. The highest BCUT2D eigenvalue weighted by Gasteiger charge is 2.43. The number of rotatable bonds is 8. The Morgan fingerprint density at radius 3 is 2.54 bits per heavy atom. The molecule has 0 fully saturated rings. The molecule has 0 aromatic heterocycles. The van der Waals surface area contributed by atoms with Crippen molar-refractivity contribution in [1.29, 1.82) is 0 Å². The minimum Gasteiger partial charge on any atom is -0.503 e. The van der Waals surface area contributed by atoms with E-state index in [0.717, 1.165) is 5.56 Å². The molecule has 0 saturated heterocycles. The van der Waals surface area contributed by atoms with Crippen molar-refractivity contribution in [3.05, 3.63) is 41.2 Å². The smallest absolute Gasteiger partial charge is 0.290 e. The van der Waals surface area contributed by atoms with Crippen LogP contribution in [-0.2, 0) is 14.3 Å². The molecule has 1 aliphatic rings. The Balaban J connectivity index is 2.44. The van der Waals surface area contributed by atoms with E-state index in [0.29, 0.717) is 12.4 Å². The number of hydrogen-bond donors (Lipinski definition) is 1. The van der Waals surface area contributed by atoms with Crippen LogP contribution in [0.25, 0.3) is 0 Å². The summed E-state index contributed by atoms with van der Waals surface area (Å²) in [6.07, 6.45) is 0.0290. The van der Waals surface area contributed by atoms with E-state index in [1.165, 1.54) is 4.90 Å². The quantitative estimate of drug-likeness (QED) is 0.770. The molecule has 0 aliphatic carbocycles. The van der Waals surface area contributed by atoms with Gasteiger partial charge in [-0.3, -0.25) is 9.59 Å². The molecule has 0 bridgehead atoms. The van der Waals surface area contributed by atoms with Gasteiger partial charge in [-0.1, -0.05) is 26.0 Å². The molecular formula is C20H27NO5. The van der Waals surface area contributed by atoms with E-state index in [2.05, 4.69) is 0 Å². The number of ether oxygens (including phenoxy) is 2. The Kier molecular flexibility index (Phi) is 6.42. The van der Waals surface area contributed by atoms with Crippen LogP contribution < -0.4 is 4.74 Å². The third-order valence-corrected chi connectivity index (χ3v) is 4.29. The summed E-state index contributed by atoms with van der Waals surface area (Å²) in [4.78, 5) is 26.8. The first-order chi connectivity index (χ1) is 12.3. The average Bonchev–Trinajstić information content (AvgIpc) is 2.85. The fraction of sp³-hybridized carbons (Fsp3) is 0.500. The first-order valence-electron chi connectivity index (χ1n) is 8.81. The number of aliphatic hydroxyl groups is 1. The summed E-state index contributed by atoms with van der Waals surface area (Å²) in [6.45, 7) is 7.92. The summed E-state index contributed by atoms with van der Waals surface area (Å²) in [6, 6.07) is 6.54. The largest absolute Gasteiger partial charge is 0.503 e. The summed E-state index contributed by atoms with van der Waals surface area (Å²) in [7, 11) is 1.56. The number of amides is 1. The van der Waals surface area contributed by atoms with Crippen molar-refractivity contribution in [2.45, 2.75) is 39.8 Å². The number of carbonyl (C=O) groups is 2. The van der Waals surface area contributed by atoms with E-state index in [1.807, 2.05) is 19.9 Å². The van der Waals surface area contributed by atoms with Crippen molar-refractivity contribution >= 4 is 11.7 Å². The maximum Gasteiger partial charge on any atom is 0.290 e. The van der Waals surface area contributed by atoms with Crippen molar-refractivity contribution in [3.8, 4) is 5.75 Å². The Morgan fingerprint density at radius 2 is 1.96 bits per heavy atom. The van der Waals surface area contributed by atoms with E-state index in [4.69, 9.17) is 9.47 Å². The topological polar surface area (TPSA) is 76.1 Å². The summed E-state index contributed by atoms with van der Waals surface area (Å²) in [5.41, 5.74) is 0.859. The predicted molar refractivity (Wildman–Crippen MR) is 98.0 cm³/mol. The van der Waals surface area contributed by atoms with Crippen LogP contribution in [0, 0.1) is 5.92 Å². The van der Waals surface area contributed by atoms with E-state index in [-0.39, 0.29) is 29.9 Å². The number of hydrogen-bond acceptors (Lipinski definition) is 5. The van der Waals surface area contributed by atoms with Gasteiger partial charge in [-0.25, -0.2) is 0 Å². The molecule has 0 spiro atoms. The van der Waals surface area contributed by atoms with Gasteiger partial charge >= 0.3 is 0 Å². The molecule has 0 radical (unpaired) electrons. The van der Waals surface area contributed by atoms with Crippen LogP contribution in [0.15, 0.2) is 35.6 Å². The van der Waals surface area contributed by atoms with Gasteiger partial charge in [0.15, 0.2) is 11.5 Å². The molecule has 6 nitrogen and oxygen atoms in total. The number of benzene rings is 1. The third-order valence-electron chi connectivity index (χ3n) is 4.29. The minimum absolute atomic E-state index is 0.0290. The molecule has 142 valence electrons. The number of aliphatic hydroxyl groups excluding tert-OH is 1. The second kappa shape index (κ2) is 8.36. The molecule has 1 N–H and O–H groups in total. The lowest BCUT2D eigenvalue weighted by molar-refractivity contribution is -0.130. The van der Waals surface area contributed by atoms with Gasteiger partial charge < -0.3 is 19.5 Å². The first-order valence-corrected chi connectivity index (χ1v) is 8.81. The fourth-order valence-corrected chi connectivity index (χ4v) is 2.99. The molecule has 1 heterocycles. The van der Waals surface area contributed by atoms with E-state index in [1.54, 1.807) is 39.2 Å². The van der Waals surface area contributed by atoms with Gasteiger partial charge in [-0.05, 0) is 31.5 Å². The fourth-order valence-electron chi connectivity index (χ4n) is 2.99. The Hall–Kier alpha value is -2.34. The summed E-state index contributed by atoms with van der Waals surface area (Å²) in [5.74, 6) is -0.970. The van der Waals surface area contributed by atoms with Gasteiger partial charge in [0, 0.05) is 12.5 Å². The molecule has 2 rings (SSSR count). The lowest BCUT2D eigenvalue weighted by Gasteiger charge is -2.27. The number of nitrogens with zero attached hydrogens (tertiary/aromatic N) is 1. The molecule has 1 aromatic carbocycles. The van der Waals surface area contributed by atoms with Crippen LogP contribution >= 0.6 is 0 Å². The maximum atomic E-state index is 12.7. The Labute approximate surface area is 154 Å². The van der Waals surface area contributed by atoms with Crippen molar-refractivity contribution in [1.82, 2.24) is 4.90 Å². The second-order valence-electron chi connectivity index (χ2n) is 6.88. The third kappa shape index (κ3) is 4.07. The van der Waals surface area contributed by atoms with Crippen LogP contribution in [0.1, 0.15) is 39.3 Å². The van der Waals surface area contributed by atoms with Gasteiger partial charge in [-0.2, -0.15) is 0 Å². The highest BCUT2D eigenvalue weighted by Crippen LogP contribution is 2.39. The number of methoxy groups -OCH3 is 1. The maximum absolute atomic E-state index is 12.7. The number of ketones is 1. The van der Waals surface area contributed by atoms with Crippen LogP contribution in [0.2, 0.25) is 0 Å². The summed E-state index contributed by atoms with van der Waals surface area (Å²) >= 11 is 0. The normalized spacial score (nSPS) is 17.6. The standard InChI is InChI=1S/C20H27NO5/c1-12(2)18(22)16-17(14-7-6-8-15(11-14)25-5)21(20(24)19(16)23)9-10-26-13(3)4/h6-8,11-13,17,23H,9-10H2,1-5H3. The molecule has 1 atom stereocenters. The number of Topliss-reactive ketones (excluding diaryl/α,β-unsaturated/α-hetero) is 1. The molecule has 1 aliphatic heterocycles. The van der Waals surface area contributed by atoms with Gasteiger partial charge in [0.1, 0.15) is 5.75 Å². The lowest BCUT2D eigenvalue weighted by atomic mass is 9.91. The van der Waals surface area contributed by atoms with E-state index < -0.39 is 17.7 Å². The average molecular weight is 361 g/mol. The van der Waals surface area contributed by atoms with Gasteiger partial charge in [0.2, 0.25) is 0 Å². The molecule has 26 heavy (non-hydrogen) atoms. The highest BCUT2D eigenvalue weighted by atomic mass is 16.5. The summed E-state index contributed by atoms with van der Waals surface area (Å²) < 4.78 is 10.8. The highest BCUT2D eigenvalue weighted by molar-refractivity contribution is 6.09. The monoisotopic (exact) mass is 361 g/mol. The molecular weight excluding hydrogens is 334 g/mol. The van der Waals surface area contributed by atoms with Crippen LogP contribution in [0.5, 0.6) is 5.75 Å². The van der Waals surface area contributed by atoms with Crippen molar-refractivity contribution < 1.29 is 24.2 Å². The molecule has 1 amide bonds. The minimum atomic E-state index is -0.650. The molecule has 6 heteroatoms. The van der Waals surface area contributed by atoms with Crippen LogP contribution in [-0.4, -0.2) is 48.1 Å². The summed E-state index contributed by atoms with van der Waals surface area (Å²) in [5, 5.41) is 10.4. The zero-order valence-corrected chi connectivity index (χ0v) is 16.0. The Bertz CT molecular complexity index is 708. The SMILES string of the molecule is COc1cccc(C2C(C(=O)C(C)C)=C(O)C(=O)N2CCOC(C)C)c1. The van der Waals surface area contributed by atoms with Crippen molar-refractivity contribution in [2.24, 2.45) is 5.92 Å². The molecule has 1 unspecified atom stereocenters. The lowest BCUT2D eigenvalue weighted by Crippen LogP contribution is -2.34.